The number of nitrogens with zero attached hydrogens (tertiary/aromatic N) is 2. The Morgan fingerprint density at radius 3 is 2.76 bits per heavy atom. The molecule has 0 radical (unpaired) electrons. The molecule has 25 heavy (non-hydrogen) atoms. The van der Waals surface area contributed by atoms with E-state index >= 15 is 0 Å². The topological polar surface area (TPSA) is 79.9 Å². The molecule has 0 aliphatic carbocycles. The first kappa shape index (κ1) is 16.6. The van der Waals surface area contributed by atoms with Crippen LogP contribution in [0.3, 0.4) is 0 Å². The maximum atomic E-state index is 13.9. The summed E-state index contributed by atoms with van der Waals surface area (Å²) in [4.78, 5) is 16.7. The van der Waals surface area contributed by atoms with Crippen LogP contribution in [0.25, 0.3) is 11.4 Å². The van der Waals surface area contributed by atoms with E-state index in [0.29, 0.717) is 22.5 Å². The molecule has 1 amide bonds. The minimum Gasteiger partial charge on any atom is -0.494 e. The van der Waals surface area contributed by atoms with Crippen LogP contribution in [0.1, 0.15) is 28.9 Å². The largest absolute Gasteiger partial charge is 0.494 e. The molecule has 0 bridgehead atoms. The summed E-state index contributed by atoms with van der Waals surface area (Å²) in [7, 11) is 1.41. The van der Waals surface area contributed by atoms with Gasteiger partial charge in [-0.15, -0.1) is 0 Å². The summed E-state index contributed by atoms with van der Waals surface area (Å²) in [6, 6.07) is 11.3. The smallest absolute Gasteiger partial charge is 0.252 e. The number of hydrogen-bond donors (Lipinski definition) is 2. The van der Waals surface area contributed by atoms with Crippen molar-refractivity contribution < 1.29 is 13.9 Å². The fourth-order valence-electron chi connectivity index (χ4n) is 2.53. The van der Waals surface area contributed by atoms with Crippen LogP contribution in [-0.2, 0) is 0 Å². The maximum Gasteiger partial charge on any atom is 0.252 e. The van der Waals surface area contributed by atoms with Gasteiger partial charge in [0.25, 0.3) is 5.91 Å². The van der Waals surface area contributed by atoms with Gasteiger partial charge in [-0.25, -0.2) is 9.37 Å². The van der Waals surface area contributed by atoms with Gasteiger partial charge < -0.3 is 10.1 Å². The lowest BCUT2D eigenvalue weighted by atomic mass is 10.0. The summed E-state index contributed by atoms with van der Waals surface area (Å²) in [5, 5.41) is 9.43. The summed E-state index contributed by atoms with van der Waals surface area (Å²) in [5.74, 6) is -0.0780. The molecule has 2 aromatic carbocycles. The van der Waals surface area contributed by atoms with E-state index in [-0.39, 0.29) is 17.7 Å². The van der Waals surface area contributed by atoms with Crippen molar-refractivity contribution in [3.8, 4) is 17.1 Å². The van der Waals surface area contributed by atoms with Gasteiger partial charge in [0.1, 0.15) is 6.33 Å². The van der Waals surface area contributed by atoms with E-state index in [1.807, 2.05) is 6.07 Å². The molecule has 2 N–H and O–H groups in total. The van der Waals surface area contributed by atoms with Crippen LogP contribution in [0.15, 0.2) is 48.8 Å². The number of rotatable bonds is 5. The molecule has 0 saturated heterocycles. The highest BCUT2D eigenvalue weighted by atomic mass is 19.1. The Hall–Kier alpha value is -3.22. The fraction of sp³-hybridized carbons (Fsp3) is 0.167. The molecule has 0 fully saturated rings. The molecular formula is C18H17FN4O2. The number of amides is 1. The van der Waals surface area contributed by atoms with Gasteiger partial charge in [0.2, 0.25) is 0 Å². The second-order valence-corrected chi connectivity index (χ2v) is 5.47. The highest BCUT2D eigenvalue weighted by molar-refractivity contribution is 6.00. The number of H-pyrrole nitrogens is 1. The Morgan fingerprint density at radius 2 is 2.08 bits per heavy atom. The normalized spacial score (nSPS) is 11.8. The summed E-state index contributed by atoms with van der Waals surface area (Å²) in [5.41, 5.74) is 1.74. The molecule has 3 aromatic rings. The van der Waals surface area contributed by atoms with E-state index in [2.05, 4.69) is 20.5 Å². The van der Waals surface area contributed by atoms with E-state index in [1.54, 1.807) is 31.2 Å². The van der Waals surface area contributed by atoms with Gasteiger partial charge in [-0.2, -0.15) is 5.10 Å². The van der Waals surface area contributed by atoms with Crippen molar-refractivity contribution in [2.24, 2.45) is 0 Å². The van der Waals surface area contributed by atoms with Gasteiger partial charge in [0.15, 0.2) is 17.4 Å². The third-order valence-electron chi connectivity index (χ3n) is 3.87. The number of benzene rings is 2. The Kier molecular flexibility index (Phi) is 4.74. The lowest BCUT2D eigenvalue weighted by Gasteiger charge is -2.16. The monoisotopic (exact) mass is 340 g/mol. The van der Waals surface area contributed by atoms with Gasteiger partial charge in [-0.3, -0.25) is 9.89 Å². The van der Waals surface area contributed by atoms with Gasteiger partial charge in [0.05, 0.1) is 18.7 Å². The van der Waals surface area contributed by atoms with Crippen molar-refractivity contribution in [1.29, 1.82) is 0 Å². The lowest BCUT2D eigenvalue weighted by molar-refractivity contribution is 0.0940. The molecule has 1 atom stereocenters. The molecule has 0 unspecified atom stereocenters. The average molecular weight is 340 g/mol. The number of nitrogens with one attached hydrogen (secondary N) is 2. The Bertz CT molecular complexity index is 881. The number of ether oxygens (including phenoxy) is 1. The zero-order valence-electron chi connectivity index (χ0n) is 13.8. The summed E-state index contributed by atoms with van der Waals surface area (Å²) in [6.07, 6.45) is 1.38. The highest BCUT2D eigenvalue weighted by Crippen LogP contribution is 2.23. The third-order valence-corrected chi connectivity index (χ3v) is 3.87. The number of carbonyl (C=O) groups is 1. The zero-order valence-corrected chi connectivity index (χ0v) is 13.8. The summed E-state index contributed by atoms with van der Waals surface area (Å²) < 4.78 is 18.8. The minimum absolute atomic E-state index is 0.165. The standard InChI is InChI=1S/C18H17FN4O2/c1-11(12-7-8-16(25-2)15(19)9-12)22-18(24)14-6-4-3-5-13(14)17-20-10-21-23-17/h3-11H,1-2H3,(H,22,24)(H,20,21,23)/t11-/m1/s1. The first-order valence-corrected chi connectivity index (χ1v) is 7.69. The van der Waals surface area contributed by atoms with E-state index in [1.165, 1.54) is 25.6 Å². The molecule has 0 saturated carbocycles. The van der Waals surface area contributed by atoms with Crippen LogP contribution in [0.5, 0.6) is 5.75 Å². The van der Waals surface area contributed by atoms with Crippen molar-refractivity contribution in [3.05, 3.63) is 65.7 Å². The van der Waals surface area contributed by atoms with Gasteiger partial charge in [-0.1, -0.05) is 24.3 Å². The number of aromatic amines is 1. The third kappa shape index (κ3) is 3.50. The van der Waals surface area contributed by atoms with E-state index in [4.69, 9.17) is 4.74 Å². The molecule has 3 rings (SSSR count). The minimum atomic E-state index is -0.469. The number of aromatic nitrogens is 3. The Morgan fingerprint density at radius 1 is 1.28 bits per heavy atom. The molecular weight excluding hydrogens is 323 g/mol. The number of carbonyl (C=O) groups excluding carboxylic acids is 1. The van der Waals surface area contributed by atoms with Gasteiger partial charge >= 0.3 is 0 Å². The first-order chi connectivity index (χ1) is 12.1. The quantitative estimate of drug-likeness (QED) is 0.748. The maximum absolute atomic E-state index is 13.9. The highest BCUT2D eigenvalue weighted by Gasteiger charge is 2.17. The summed E-state index contributed by atoms with van der Waals surface area (Å²) in [6.45, 7) is 1.79. The molecule has 0 aliphatic heterocycles. The molecule has 0 spiro atoms. The van der Waals surface area contributed by atoms with Crippen LogP contribution < -0.4 is 10.1 Å². The van der Waals surface area contributed by atoms with Crippen molar-refractivity contribution in [2.75, 3.05) is 7.11 Å². The Balaban J connectivity index is 1.82. The molecule has 0 aliphatic rings. The van der Waals surface area contributed by atoms with E-state index in [0.717, 1.165) is 0 Å². The Labute approximate surface area is 144 Å². The first-order valence-electron chi connectivity index (χ1n) is 7.69. The second-order valence-electron chi connectivity index (χ2n) is 5.47. The lowest BCUT2D eigenvalue weighted by Crippen LogP contribution is -2.27. The second kappa shape index (κ2) is 7.12. The SMILES string of the molecule is COc1ccc([C@@H](C)NC(=O)c2ccccc2-c2ncn[nH]2)cc1F. The van der Waals surface area contributed by atoms with Gasteiger partial charge in [0, 0.05) is 5.56 Å². The van der Waals surface area contributed by atoms with Crippen LogP contribution in [0, 0.1) is 5.82 Å². The van der Waals surface area contributed by atoms with Crippen molar-refractivity contribution >= 4 is 5.91 Å². The molecule has 7 heteroatoms. The number of methoxy groups -OCH3 is 1. The molecule has 1 aromatic heterocycles. The zero-order chi connectivity index (χ0) is 17.8. The van der Waals surface area contributed by atoms with Crippen LogP contribution in [0.4, 0.5) is 4.39 Å². The van der Waals surface area contributed by atoms with Gasteiger partial charge in [-0.05, 0) is 30.7 Å². The van der Waals surface area contributed by atoms with Crippen molar-refractivity contribution in [3.63, 3.8) is 0 Å². The summed E-state index contributed by atoms with van der Waals surface area (Å²) >= 11 is 0. The number of hydrogen-bond acceptors (Lipinski definition) is 4. The van der Waals surface area contributed by atoms with Crippen LogP contribution >= 0.6 is 0 Å². The van der Waals surface area contributed by atoms with Crippen LogP contribution in [0.2, 0.25) is 0 Å². The fourth-order valence-corrected chi connectivity index (χ4v) is 2.53. The molecule has 6 nitrogen and oxygen atoms in total. The number of halogens is 1. The van der Waals surface area contributed by atoms with Crippen molar-refractivity contribution in [1.82, 2.24) is 20.5 Å². The van der Waals surface area contributed by atoms with E-state index < -0.39 is 5.82 Å². The van der Waals surface area contributed by atoms with Crippen LogP contribution in [-0.4, -0.2) is 28.2 Å². The van der Waals surface area contributed by atoms with Crippen molar-refractivity contribution in [2.45, 2.75) is 13.0 Å². The predicted octanol–water partition coefficient (Wildman–Crippen LogP) is 3.11. The molecule has 1 heterocycles. The predicted molar refractivity (Wildman–Crippen MR) is 90.7 cm³/mol. The average Bonchev–Trinajstić information content (AvgIpc) is 3.16. The van der Waals surface area contributed by atoms with E-state index in [9.17, 15) is 9.18 Å². The molecule has 128 valence electrons.